The van der Waals surface area contributed by atoms with Gasteiger partial charge in [0.25, 0.3) is 0 Å². The quantitative estimate of drug-likeness (QED) is 0.0537. The van der Waals surface area contributed by atoms with Gasteiger partial charge in [-0.25, -0.2) is 17.6 Å². The van der Waals surface area contributed by atoms with Gasteiger partial charge in [-0.1, -0.05) is 27.7 Å². The van der Waals surface area contributed by atoms with Crippen molar-refractivity contribution in [2.75, 3.05) is 0 Å². The van der Waals surface area contributed by atoms with E-state index in [2.05, 4.69) is 88.5 Å². The van der Waals surface area contributed by atoms with Crippen LogP contribution in [0, 0.1) is 23.3 Å². The number of H-pyrrole nitrogens is 4. The van der Waals surface area contributed by atoms with Gasteiger partial charge < -0.3 is 19.9 Å². The van der Waals surface area contributed by atoms with E-state index in [0.717, 1.165) is 48.5 Å². The summed E-state index contributed by atoms with van der Waals surface area (Å²) in [5, 5.41) is 33.7. The Kier molecular flexibility index (Phi) is 14.8. The molecule has 0 saturated carbocycles. The van der Waals surface area contributed by atoms with Crippen LogP contribution in [0.2, 0.25) is 0 Å². The van der Waals surface area contributed by atoms with Gasteiger partial charge in [0.2, 0.25) is 0 Å². The second kappa shape index (κ2) is 21.2. The summed E-state index contributed by atoms with van der Waals surface area (Å²) in [7, 11) is 0. The molecule has 0 saturated heterocycles. The predicted molar refractivity (Wildman–Crippen MR) is 248 cm³/mol. The van der Waals surface area contributed by atoms with Crippen molar-refractivity contribution in [3.63, 3.8) is 0 Å². The van der Waals surface area contributed by atoms with E-state index >= 15 is 0 Å². The van der Waals surface area contributed by atoms with Crippen LogP contribution in [0.25, 0.3) is 0 Å². The maximum Gasteiger partial charge on any atom is 0.152 e. The highest BCUT2D eigenvalue weighted by Gasteiger charge is 2.35. The Balaban J connectivity index is 0.000000196. The molecule has 0 fully saturated rings. The number of aromatic nitrogens is 4. The van der Waals surface area contributed by atoms with Crippen LogP contribution in [0.1, 0.15) is 76.2 Å². The Morgan fingerprint density at radius 2 is 0.485 bits per heavy atom. The van der Waals surface area contributed by atoms with Gasteiger partial charge in [0, 0.05) is 33.6 Å². The Morgan fingerprint density at radius 3 is 0.667 bits per heavy atom. The Bertz CT molecular complexity index is 2510. The molecule has 0 amide bonds. The van der Waals surface area contributed by atoms with Crippen LogP contribution in [0.15, 0.2) is 187 Å². The first-order valence-electron chi connectivity index (χ1n) is 21.5. The maximum atomic E-state index is 13.1. The van der Waals surface area contributed by atoms with Gasteiger partial charge in [0.1, 0.15) is 23.3 Å². The Hall–Kier alpha value is -7.88. The van der Waals surface area contributed by atoms with Gasteiger partial charge in [-0.2, -0.15) is 0 Å². The molecule has 12 nitrogen and oxygen atoms in total. The largest absolute Gasteiger partial charge is 0.341 e. The van der Waals surface area contributed by atoms with Gasteiger partial charge in [-0.3, -0.25) is 0 Å². The minimum absolute atomic E-state index is 0.298. The van der Waals surface area contributed by atoms with E-state index in [0.29, 0.717) is 46.0 Å². The first-order valence-corrected chi connectivity index (χ1v) is 21.5. The Morgan fingerprint density at radius 1 is 0.288 bits per heavy atom. The van der Waals surface area contributed by atoms with E-state index in [1.54, 1.807) is 48.5 Å². The van der Waals surface area contributed by atoms with Crippen molar-refractivity contribution in [1.29, 1.82) is 0 Å². The third kappa shape index (κ3) is 11.1. The SMILES string of the molecule is CCC(CC)(c1ccc(N=Nc2ccc(F)cc2)[nH]1)c1ccc(N=Nc2ccc(F)cc2)[nH]1.CCC(CC)(c1ccc(N=Nc2ccc(F)cc2)[nH]1)c1ccc(N=Nc2ccc(F)cc2)[nH]1. The van der Waals surface area contributed by atoms with Crippen molar-refractivity contribution >= 4 is 46.0 Å². The summed E-state index contributed by atoms with van der Waals surface area (Å²) in [6, 6.07) is 38.9. The molecule has 0 spiro atoms. The molecule has 0 atom stereocenters. The number of azo groups is 4. The van der Waals surface area contributed by atoms with Crippen molar-refractivity contribution in [3.8, 4) is 0 Å². The summed E-state index contributed by atoms with van der Waals surface area (Å²) >= 11 is 0. The normalized spacial score (nSPS) is 12.2. The van der Waals surface area contributed by atoms with Gasteiger partial charge in [0.15, 0.2) is 23.3 Å². The van der Waals surface area contributed by atoms with Crippen LogP contribution >= 0.6 is 0 Å². The first-order chi connectivity index (χ1) is 32.0. The zero-order valence-electron chi connectivity index (χ0n) is 36.8. The average Bonchev–Trinajstić information content (AvgIpc) is 4.20. The zero-order valence-corrected chi connectivity index (χ0v) is 36.8. The third-order valence-electron chi connectivity index (χ3n) is 11.6. The molecule has 0 aliphatic heterocycles. The molecule has 4 aromatic carbocycles. The number of rotatable bonds is 16. The van der Waals surface area contributed by atoms with E-state index < -0.39 is 0 Å². The van der Waals surface area contributed by atoms with Crippen LogP contribution in [-0.4, -0.2) is 19.9 Å². The highest BCUT2D eigenvalue weighted by molar-refractivity contribution is 5.46. The molecule has 0 radical (unpaired) electrons. The molecule has 0 unspecified atom stereocenters. The summed E-state index contributed by atoms with van der Waals surface area (Å²) in [5.74, 6) is 1.21. The van der Waals surface area contributed by atoms with Crippen LogP contribution in [-0.2, 0) is 10.8 Å². The van der Waals surface area contributed by atoms with Crippen LogP contribution < -0.4 is 0 Å². The molecule has 0 aliphatic carbocycles. The lowest BCUT2D eigenvalue weighted by Crippen LogP contribution is -2.26. The minimum Gasteiger partial charge on any atom is -0.341 e. The lowest BCUT2D eigenvalue weighted by molar-refractivity contribution is 0.456. The molecular formula is C50H48F4N12. The third-order valence-corrected chi connectivity index (χ3v) is 11.6. The van der Waals surface area contributed by atoms with Gasteiger partial charge in [-0.15, -0.1) is 40.9 Å². The van der Waals surface area contributed by atoms with E-state index in [4.69, 9.17) is 0 Å². The fourth-order valence-electron chi connectivity index (χ4n) is 7.68. The van der Waals surface area contributed by atoms with E-state index in [9.17, 15) is 17.6 Å². The summed E-state index contributed by atoms with van der Waals surface area (Å²) in [5.41, 5.74) is 5.72. The molecule has 336 valence electrons. The molecule has 4 heterocycles. The summed E-state index contributed by atoms with van der Waals surface area (Å²) in [4.78, 5) is 13.5. The molecule has 8 rings (SSSR count). The first kappa shape index (κ1) is 46.1. The maximum absolute atomic E-state index is 13.1. The topological polar surface area (TPSA) is 162 Å². The molecule has 4 aromatic heterocycles. The smallest absolute Gasteiger partial charge is 0.152 e. The number of benzene rings is 4. The number of nitrogens with zero attached hydrogens (tertiary/aromatic N) is 8. The minimum atomic E-state index is -0.311. The van der Waals surface area contributed by atoms with Crippen LogP contribution in [0.5, 0.6) is 0 Å². The fourth-order valence-corrected chi connectivity index (χ4v) is 7.68. The molecule has 0 aliphatic rings. The van der Waals surface area contributed by atoms with Crippen molar-refractivity contribution < 1.29 is 17.6 Å². The number of hydrogen-bond acceptors (Lipinski definition) is 8. The highest BCUT2D eigenvalue weighted by Crippen LogP contribution is 2.41. The number of halogens is 4. The van der Waals surface area contributed by atoms with Crippen LogP contribution in [0.3, 0.4) is 0 Å². The van der Waals surface area contributed by atoms with E-state index in [1.165, 1.54) is 48.5 Å². The van der Waals surface area contributed by atoms with Crippen molar-refractivity contribution in [1.82, 2.24) is 19.9 Å². The molecule has 66 heavy (non-hydrogen) atoms. The van der Waals surface area contributed by atoms with Crippen molar-refractivity contribution in [3.05, 3.63) is 192 Å². The second-order valence-corrected chi connectivity index (χ2v) is 15.3. The molecule has 0 bridgehead atoms. The molecule has 16 heteroatoms. The molecular weight excluding hydrogens is 845 g/mol. The summed E-state index contributed by atoms with van der Waals surface area (Å²) < 4.78 is 52.3. The van der Waals surface area contributed by atoms with E-state index in [1.807, 2.05) is 48.5 Å². The Labute approximate surface area is 379 Å². The lowest BCUT2D eigenvalue weighted by atomic mass is 9.76. The van der Waals surface area contributed by atoms with Crippen LogP contribution in [0.4, 0.5) is 63.6 Å². The fraction of sp³-hybridized carbons (Fsp3) is 0.200. The number of nitrogens with one attached hydrogen (secondary N) is 4. The van der Waals surface area contributed by atoms with Crippen molar-refractivity contribution in [2.45, 2.75) is 64.2 Å². The van der Waals surface area contributed by atoms with Gasteiger partial charge in [-0.05, 0) is 171 Å². The van der Waals surface area contributed by atoms with Gasteiger partial charge >= 0.3 is 0 Å². The summed E-state index contributed by atoms with van der Waals surface area (Å²) in [6.07, 6.45) is 3.36. The summed E-state index contributed by atoms with van der Waals surface area (Å²) in [6.45, 7) is 8.52. The average molecular weight is 893 g/mol. The molecule has 8 aromatic rings. The standard InChI is InChI=1S/2C25H24F2N6/c2*1-3-25(4-2,21-13-15-23(28-21)32-30-19-9-5-17(26)6-10-19)22-14-16-24(29-22)33-31-20-11-7-18(27)8-12-20/h2*5-16,28-29H,3-4H2,1-2H3. The number of aromatic amines is 4. The zero-order chi connectivity index (χ0) is 46.5. The predicted octanol–water partition coefficient (Wildman–Crippen LogP) is 17.1. The van der Waals surface area contributed by atoms with Gasteiger partial charge in [0.05, 0.1) is 22.7 Å². The monoisotopic (exact) mass is 892 g/mol. The number of hydrogen-bond donors (Lipinski definition) is 4. The van der Waals surface area contributed by atoms with Crippen molar-refractivity contribution in [2.24, 2.45) is 40.9 Å². The lowest BCUT2D eigenvalue weighted by Gasteiger charge is -2.30. The van der Waals surface area contributed by atoms with E-state index in [-0.39, 0.29) is 34.1 Å². The molecule has 4 N–H and O–H groups in total. The highest BCUT2D eigenvalue weighted by atomic mass is 19.1. The second-order valence-electron chi connectivity index (χ2n) is 15.3.